The van der Waals surface area contributed by atoms with Crippen LogP contribution in [0.4, 0.5) is 5.69 Å². The molecular weight excluding hydrogens is 510 g/mol. The lowest BCUT2D eigenvalue weighted by Gasteiger charge is -2.44. The van der Waals surface area contributed by atoms with Crippen molar-refractivity contribution in [3.05, 3.63) is 76.7 Å². The fourth-order valence-electron chi connectivity index (χ4n) is 5.74. The normalized spacial score (nSPS) is 22.0. The first-order valence-corrected chi connectivity index (χ1v) is 14.7. The third-order valence-electron chi connectivity index (χ3n) is 7.63. The number of aromatic nitrogens is 2. The quantitative estimate of drug-likeness (QED) is 0.488. The predicted octanol–water partition coefficient (Wildman–Crippen LogP) is 4.01. The van der Waals surface area contributed by atoms with Crippen molar-refractivity contribution < 1.29 is 13.2 Å². The summed E-state index contributed by atoms with van der Waals surface area (Å²) in [4.78, 5) is 24.4. The molecule has 1 amide bonds. The van der Waals surface area contributed by atoms with E-state index in [0.717, 1.165) is 43.1 Å². The summed E-state index contributed by atoms with van der Waals surface area (Å²) in [5, 5.41) is 0.711. The molecule has 2 aliphatic rings. The van der Waals surface area contributed by atoms with Crippen LogP contribution in [0.2, 0.25) is 5.02 Å². The maximum atomic E-state index is 13.6. The van der Waals surface area contributed by atoms with E-state index in [1.54, 1.807) is 18.2 Å². The lowest BCUT2D eigenvalue weighted by molar-refractivity contribution is 0.0568. The number of nitrogens with two attached hydrogens (primary N) is 1. The van der Waals surface area contributed by atoms with Crippen LogP contribution in [0.3, 0.4) is 0 Å². The number of carbonyl (C=O) groups is 1. The summed E-state index contributed by atoms with van der Waals surface area (Å²) in [6.07, 6.45) is 6.65. The molecule has 2 heterocycles. The maximum Gasteiger partial charge on any atom is 0.273 e. The predicted molar refractivity (Wildman–Crippen MR) is 145 cm³/mol. The third-order valence-corrected chi connectivity index (χ3v) is 8.47. The van der Waals surface area contributed by atoms with Gasteiger partial charge >= 0.3 is 0 Å². The number of sulfonamides is 1. The van der Waals surface area contributed by atoms with E-state index in [0.29, 0.717) is 41.6 Å². The van der Waals surface area contributed by atoms with Gasteiger partial charge in [-0.05, 0) is 61.9 Å². The second-order valence-corrected chi connectivity index (χ2v) is 12.2. The number of rotatable bonds is 6. The fourth-order valence-corrected chi connectivity index (χ4v) is 6.49. The zero-order chi connectivity index (χ0) is 26.2. The molecule has 1 fully saturated rings. The Morgan fingerprint density at radius 3 is 2.54 bits per heavy atom. The summed E-state index contributed by atoms with van der Waals surface area (Å²) >= 11 is 6.26. The maximum absolute atomic E-state index is 13.6. The summed E-state index contributed by atoms with van der Waals surface area (Å²) in [6.45, 7) is 1.13. The average Bonchev–Trinajstić information content (AvgIpc) is 2.88. The molecule has 0 saturated heterocycles. The number of benzene rings is 2. The van der Waals surface area contributed by atoms with Crippen molar-refractivity contribution in [1.29, 1.82) is 0 Å². The molecule has 0 radical (unpaired) electrons. The van der Waals surface area contributed by atoms with Gasteiger partial charge in [0, 0.05) is 46.4 Å². The van der Waals surface area contributed by atoms with Crippen molar-refractivity contribution >= 4 is 33.2 Å². The molecule has 0 bridgehead atoms. The van der Waals surface area contributed by atoms with E-state index in [1.165, 1.54) is 11.9 Å². The minimum atomic E-state index is -3.41. The van der Waals surface area contributed by atoms with Gasteiger partial charge in [0.25, 0.3) is 5.91 Å². The highest BCUT2D eigenvalue weighted by Crippen LogP contribution is 2.42. The molecule has 5 rings (SSSR count). The summed E-state index contributed by atoms with van der Waals surface area (Å²) in [5.74, 6) is -0.0803. The first-order chi connectivity index (χ1) is 17.7. The number of nitrogens with zero attached hydrogens (tertiary/aromatic N) is 3. The first-order valence-electron chi connectivity index (χ1n) is 12.4. The lowest BCUT2D eigenvalue weighted by atomic mass is 9.68. The van der Waals surface area contributed by atoms with Crippen LogP contribution in [0.5, 0.6) is 0 Å². The number of hydrogen-bond donors (Lipinski definition) is 2. The molecule has 10 heteroatoms. The van der Waals surface area contributed by atoms with Crippen LogP contribution in [0.1, 0.15) is 47.3 Å². The monoisotopic (exact) mass is 539 g/mol. The second kappa shape index (κ2) is 10.0. The average molecular weight is 540 g/mol. The van der Waals surface area contributed by atoms with E-state index in [4.69, 9.17) is 17.3 Å². The summed E-state index contributed by atoms with van der Waals surface area (Å²) in [5.41, 5.74) is 10.4. The van der Waals surface area contributed by atoms with Crippen LogP contribution >= 0.6 is 11.6 Å². The topological polar surface area (TPSA) is 118 Å². The van der Waals surface area contributed by atoms with E-state index >= 15 is 0 Å². The highest BCUT2D eigenvalue weighted by Gasteiger charge is 2.40. The first kappa shape index (κ1) is 25.6. The van der Waals surface area contributed by atoms with Gasteiger partial charge in [-0.1, -0.05) is 35.9 Å². The summed E-state index contributed by atoms with van der Waals surface area (Å²) in [6, 6.07) is 15.1. The molecule has 0 atom stereocenters. The van der Waals surface area contributed by atoms with Gasteiger partial charge in [-0.3, -0.25) is 9.52 Å². The number of anilines is 1. The van der Waals surface area contributed by atoms with Crippen molar-refractivity contribution in [3.63, 3.8) is 0 Å². The summed E-state index contributed by atoms with van der Waals surface area (Å²) in [7, 11) is -3.41. The molecule has 194 valence electrons. The molecule has 0 spiro atoms. The molecule has 8 nitrogen and oxygen atoms in total. The van der Waals surface area contributed by atoms with Gasteiger partial charge in [-0.25, -0.2) is 18.4 Å². The Balaban J connectivity index is 1.36. The number of halogens is 1. The van der Waals surface area contributed by atoms with Crippen molar-refractivity contribution in [3.8, 4) is 11.3 Å². The molecule has 1 aromatic heterocycles. The molecule has 0 unspecified atom stereocenters. The molecule has 1 aliphatic carbocycles. The van der Waals surface area contributed by atoms with Gasteiger partial charge in [-0.2, -0.15) is 0 Å². The lowest BCUT2D eigenvalue weighted by Crippen LogP contribution is -2.50. The van der Waals surface area contributed by atoms with E-state index in [2.05, 4.69) is 20.8 Å². The van der Waals surface area contributed by atoms with Crippen LogP contribution < -0.4 is 10.5 Å². The fraction of sp³-hybridized carbons (Fsp3) is 0.370. The Hall–Kier alpha value is -3.01. The Labute approximate surface area is 222 Å². The number of hydrogen-bond acceptors (Lipinski definition) is 6. The van der Waals surface area contributed by atoms with Crippen LogP contribution in [-0.2, 0) is 21.9 Å². The van der Waals surface area contributed by atoms with Crippen LogP contribution in [0, 0.1) is 0 Å². The molecular formula is C27H30ClN5O3S. The van der Waals surface area contributed by atoms with Crippen LogP contribution in [-0.4, -0.2) is 54.6 Å². The van der Waals surface area contributed by atoms with Crippen molar-refractivity contribution in [2.75, 3.05) is 24.1 Å². The molecule has 1 aliphatic heterocycles. The number of nitrogens with one attached hydrogen (secondary N) is 1. The SMILES string of the molecule is CS(=O)(=O)Nc1cccc(-c2ncnc3c2CCN([C@H]2CC[C@](CN)(c4cccc(Cl)c4)CC2)C3=O)c1. The molecule has 2 aromatic carbocycles. The molecule has 3 aromatic rings. The van der Waals surface area contributed by atoms with Crippen molar-refractivity contribution in [2.45, 2.75) is 43.6 Å². The minimum Gasteiger partial charge on any atom is -0.334 e. The number of carbonyl (C=O) groups excluding carboxylic acids is 1. The standard InChI is InChI=1S/C27H30ClN5O3S/c1-37(35,36)32-21-7-2-4-18(14-21)24-23-10-13-33(26(34)25(23)31-17-30-24)22-8-11-27(16-29,12-9-22)19-5-3-6-20(28)15-19/h2-7,14-15,17,22,32H,8-13,16,29H2,1H3/t22-,27-. The van der Waals surface area contributed by atoms with E-state index in [-0.39, 0.29) is 17.4 Å². The van der Waals surface area contributed by atoms with E-state index in [1.807, 2.05) is 29.2 Å². The zero-order valence-corrected chi connectivity index (χ0v) is 22.2. The molecule has 3 N–H and O–H groups in total. The van der Waals surface area contributed by atoms with Crippen molar-refractivity contribution in [2.24, 2.45) is 5.73 Å². The van der Waals surface area contributed by atoms with E-state index < -0.39 is 10.0 Å². The Kier molecular flexibility index (Phi) is 6.95. The van der Waals surface area contributed by atoms with Gasteiger partial charge in [0.05, 0.1) is 11.9 Å². The second-order valence-electron chi connectivity index (χ2n) is 9.98. The molecule has 1 saturated carbocycles. The Morgan fingerprint density at radius 1 is 1.11 bits per heavy atom. The van der Waals surface area contributed by atoms with Gasteiger partial charge < -0.3 is 10.6 Å². The highest BCUT2D eigenvalue weighted by atomic mass is 35.5. The van der Waals surface area contributed by atoms with E-state index in [9.17, 15) is 13.2 Å². The number of fused-ring (bicyclic) bond motifs is 1. The minimum absolute atomic E-state index is 0.0803. The number of amides is 1. The van der Waals surface area contributed by atoms with Crippen molar-refractivity contribution in [1.82, 2.24) is 14.9 Å². The largest absolute Gasteiger partial charge is 0.334 e. The molecule has 37 heavy (non-hydrogen) atoms. The Morgan fingerprint density at radius 2 is 1.84 bits per heavy atom. The third kappa shape index (κ3) is 5.21. The van der Waals surface area contributed by atoms with Gasteiger partial charge in [-0.15, -0.1) is 0 Å². The summed E-state index contributed by atoms with van der Waals surface area (Å²) < 4.78 is 25.8. The Bertz CT molecular complexity index is 1440. The highest BCUT2D eigenvalue weighted by molar-refractivity contribution is 7.92. The van der Waals surface area contributed by atoms with Crippen LogP contribution in [0.25, 0.3) is 11.3 Å². The van der Waals surface area contributed by atoms with Crippen LogP contribution in [0.15, 0.2) is 54.9 Å². The van der Waals surface area contributed by atoms with Gasteiger partial charge in [0.1, 0.15) is 12.0 Å². The van der Waals surface area contributed by atoms with Gasteiger partial charge in [0.2, 0.25) is 10.0 Å². The van der Waals surface area contributed by atoms with Gasteiger partial charge in [0.15, 0.2) is 0 Å². The smallest absolute Gasteiger partial charge is 0.273 e. The zero-order valence-electron chi connectivity index (χ0n) is 20.7.